The van der Waals surface area contributed by atoms with E-state index in [1.165, 1.54) is 0 Å². The van der Waals surface area contributed by atoms with E-state index in [2.05, 4.69) is 10.6 Å². The molecule has 1 aromatic carbocycles. The summed E-state index contributed by atoms with van der Waals surface area (Å²) in [4.78, 5) is 54.7. The van der Waals surface area contributed by atoms with E-state index < -0.39 is 47.8 Å². The quantitative estimate of drug-likeness (QED) is 0.385. The highest BCUT2D eigenvalue weighted by Crippen LogP contribution is 2.46. The zero-order valence-corrected chi connectivity index (χ0v) is 21.8. The normalized spacial score (nSPS) is 29.5. The lowest BCUT2D eigenvalue weighted by Crippen LogP contribution is -2.67. The number of Topliss-reactive ketones (excluding diaryl/α,β-unsaturated/α-hetero) is 1. The van der Waals surface area contributed by atoms with Gasteiger partial charge in [-0.05, 0) is 62.8 Å². The number of carbonyl (C=O) groups is 4. The summed E-state index contributed by atoms with van der Waals surface area (Å²) in [5.74, 6) is -2.30. The Labute approximate surface area is 223 Å². The molecule has 2 saturated carbocycles. The molecule has 2 aliphatic carbocycles. The number of hydrogen-bond donors (Lipinski definition) is 4. The van der Waals surface area contributed by atoms with Crippen molar-refractivity contribution >= 4 is 23.5 Å². The standard InChI is InChI=1S/C29H39N3O6/c33-17-24(34)23(16-19-14-15-30-26(19)35)31-27(36)25-18-10-12-22(13-11-18)32(25)28(37)29(38,21-8-4-5-9-21)20-6-2-1-3-7-20/h1-3,6-7,18-19,21-23,25,33,38H,4-5,8-17H2,(H,30,35)(H,31,36)/t18?,19-,22?,23-,25+,29+/m1/s1. The van der Waals surface area contributed by atoms with E-state index in [0.717, 1.165) is 51.4 Å². The molecule has 4 atom stereocenters. The Morgan fingerprint density at radius 1 is 1.03 bits per heavy atom. The Morgan fingerprint density at radius 2 is 1.71 bits per heavy atom. The van der Waals surface area contributed by atoms with Gasteiger partial charge in [0, 0.05) is 24.4 Å². The van der Waals surface area contributed by atoms with Gasteiger partial charge < -0.3 is 25.7 Å². The molecule has 1 aromatic rings. The van der Waals surface area contributed by atoms with E-state index in [4.69, 9.17) is 0 Å². The number of carbonyl (C=O) groups excluding carboxylic acids is 4. The summed E-state index contributed by atoms with van der Waals surface area (Å²) in [7, 11) is 0. The van der Waals surface area contributed by atoms with Crippen molar-refractivity contribution in [3.8, 4) is 0 Å². The van der Waals surface area contributed by atoms with Gasteiger partial charge in [-0.1, -0.05) is 43.2 Å². The molecule has 9 nitrogen and oxygen atoms in total. The first-order chi connectivity index (χ1) is 18.3. The third-order valence-corrected chi connectivity index (χ3v) is 9.41. The second kappa shape index (κ2) is 11.1. The topological polar surface area (TPSA) is 136 Å². The fraction of sp³-hybridized carbons (Fsp3) is 0.655. The molecule has 3 saturated heterocycles. The van der Waals surface area contributed by atoms with E-state index in [0.29, 0.717) is 18.5 Å². The van der Waals surface area contributed by atoms with Crippen molar-refractivity contribution in [1.29, 1.82) is 0 Å². The predicted molar refractivity (Wildman–Crippen MR) is 138 cm³/mol. The molecule has 3 heterocycles. The summed E-state index contributed by atoms with van der Waals surface area (Å²) in [6, 6.07) is 7.09. The van der Waals surface area contributed by atoms with Crippen molar-refractivity contribution in [1.82, 2.24) is 15.5 Å². The fourth-order valence-corrected chi connectivity index (χ4v) is 7.34. The maximum atomic E-state index is 14.4. The van der Waals surface area contributed by atoms with Gasteiger partial charge in [0.2, 0.25) is 11.8 Å². The summed E-state index contributed by atoms with van der Waals surface area (Å²) in [6.07, 6.45) is 7.20. The highest BCUT2D eigenvalue weighted by Gasteiger charge is 2.55. The van der Waals surface area contributed by atoms with Crippen LogP contribution in [0.25, 0.3) is 0 Å². The van der Waals surface area contributed by atoms with Crippen LogP contribution in [-0.2, 0) is 24.8 Å². The Balaban J connectivity index is 1.44. The van der Waals surface area contributed by atoms with Gasteiger partial charge in [0.1, 0.15) is 12.6 Å². The van der Waals surface area contributed by atoms with Crippen molar-refractivity contribution in [3.63, 3.8) is 0 Å². The maximum absolute atomic E-state index is 14.4. The fourth-order valence-electron chi connectivity index (χ4n) is 7.34. The number of rotatable bonds is 9. The van der Waals surface area contributed by atoms with Crippen molar-refractivity contribution in [2.75, 3.05) is 13.2 Å². The highest BCUT2D eigenvalue weighted by molar-refractivity contribution is 5.96. The Bertz CT molecular complexity index is 1050. The molecule has 3 amide bonds. The van der Waals surface area contributed by atoms with Crippen LogP contribution in [0.15, 0.2) is 30.3 Å². The molecular formula is C29H39N3O6. The molecule has 0 radical (unpaired) electrons. The van der Waals surface area contributed by atoms with E-state index in [1.54, 1.807) is 17.0 Å². The highest BCUT2D eigenvalue weighted by atomic mass is 16.3. The molecule has 0 unspecified atom stereocenters. The van der Waals surface area contributed by atoms with Gasteiger partial charge in [0.05, 0.1) is 6.04 Å². The van der Waals surface area contributed by atoms with Crippen LogP contribution in [-0.4, -0.2) is 69.9 Å². The van der Waals surface area contributed by atoms with Crippen LogP contribution in [0.4, 0.5) is 0 Å². The van der Waals surface area contributed by atoms with Crippen molar-refractivity contribution in [3.05, 3.63) is 35.9 Å². The summed E-state index contributed by atoms with van der Waals surface area (Å²) in [6.45, 7) is -0.223. The summed E-state index contributed by atoms with van der Waals surface area (Å²) in [5.41, 5.74) is -1.17. The maximum Gasteiger partial charge on any atom is 0.260 e. The minimum Gasteiger partial charge on any atom is -0.389 e. The van der Waals surface area contributed by atoms with Crippen LogP contribution in [0.2, 0.25) is 0 Å². The smallest absolute Gasteiger partial charge is 0.260 e. The molecular weight excluding hydrogens is 486 g/mol. The number of hydrogen-bond acceptors (Lipinski definition) is 6. The van der Waals surface area contributed by atoms with Crippen LogP contribution in [0.3, 0.4) is 0 Å². The minimum atomic E-state index is -1.73. The van der Waals surface area contributed by atoms with Crippen LogP contribution in [0, 0.1) is 17.8 Å². The van der Waals surface area contributed by atoms with E-state index >= 15 is 0 Å². The van der Waals surface area contributed by atoms with Crippen LogP contribution in [0.5, 0.6) is 0 Å². The predicted octanol–water partition coefficient (Wildman–Crippen LogP) is 1.41. The number of aliphatic hydroxyl groups excluding tert-OH is 1. The van der Waals surface area contributed by atoms with E-state index in [9.17, 15) is 29.4 Å². The number of fused-ring (bicyclic) bond motifs is 3. The average Bonchev–Trinajstić information content (AvgIpc) is 3.64. The third kappa shape index (κ3) is 4.86. The second-order valence-electron chi connectivity index (χ2n) is 11.5. The molecule has 0 aromatic heterocycles. The van der Waals surface area contributed by atoms with Gasteiger partial charge in [-0.15, -0.1) is 0 Å². The first-order valence-electron chi connectivity index (χ1n) is 14.2. The first kappa shape index (κ1) is 26.8. The van der Waals surface area contributed by atoms with Crippen LogP contribution in [0.1, 0.15) is 69.8 Å². The Hall–Kier alpha value is -2.78. The second-order valence-corrected chi connectivity index (χ2v) is 11.5. The monoisotopic (exact) mass is 525 g/mol. The average molecular weight is 526 g/mol. The summed E-state index contributed by atoms with van der Waals surface area (Å²) in [5, 5.41) is 27.3. The lowest BCUT2D eigenvalue weighted by Gasteiger charge is -2.53. The van der Waals surface area contributed by atoms with Crippen molar-refractivity contribution in [2.24, 2.45) is 17.8 Å². The van der Waals surface area contributed by atoms with E-state index in [-0.39, 0.29) is 30.2 Å². The van der Waals surface area contributed by atoms with Gasteiger partial charge in [0.25, 0.3) is 5.91 Å². The number of nitrogens with one attached hydrogen (secondary N) is 2. The first-order valence-corrected chi connectivity index (χ1v) is 14.2. The molecule has 2 bridgehead atoms. The van der Waals surface area contributed by atoms with Gasteiger partial charge in [-0.3, -0.25) is 19.2 Å². The number of benzene rings is 1. The molecule has 3 aliphatic heterocycles. The molecule has 206 valence electrons. The number of amides is 3. The number of ketones is 1. The molecule has 4 N–H and O–H groups in total. The molecule has 6 rings (SSSR count). The summed E-state index contributed by atoms with van der Waals surface area (Å²) < 4.78 is 0. The molecule has 5 fully saturated rings. The SMILES string of the molecule is O=C1NCC[C@@H]1C[C@@H](NC(=O)[C@@H]1C2CCC(CC2)N1C(=O)[C@](O)(c1ccccc1)C1CCCC1)C(=O)CO. The van der Waals surface area contributed by atoms with Crippen LogP contribution < -0.4 is 10.6 Å². The third-order valence-electron chi connectivity index (χ3n) is 9.41. The largest absolute Gasteiger partial charge is 0.389 e. The van der Waals surface area contributed by atoms with Crippen LogP contribution >= 0.6 is 0 Å². The Morgan fingerprint density at radius 3 is 2.32 bits per heavy atom. The number of aliphatic hydroxyl groups is 2. The van der Waals surface area contributed by atoms with Gasteiger partial charge in [0.15, 0.2) is 11.4 Å². The van der Waals surface area contributed by atoms with Gasteiger partial charge in [-0.2, -0.15) is 0 Å². The number of nitrogens with zero attached hydrogens (tertiary/aromatic N) is 1. The lowest BCUT2D eigenvalue weighted by molar-refractivity contribution is -0.176. The number of piperidine rings is 2. The summed E-state index contributed by atoms with van der Waals surface area (Å²) >= 11 is 0. The Kier molecular flexibility index (Phi) is 7.86. The lowest BCUT2D eigenvalue weighted by atomic mass is 9.71. The van der Waals surface area contributed by atoms with Gasteiger partial charge >= 0.3 is 0 Å². The van der Waals surface area contributed by atoms with Crippen molar-refractivity contribution in [2.45, 2.75) is 87.9 Å². The zero-order chi connectivity index (χ0) is 26.9. The van der Waals surface area contributed by atoms with Crippen molar-refractivity contribution < 1.29 is 29.4 Å². The van der Waals surface area contributed by atoms with E-state index in [1.807, 2.05) is 18.2 Å². The molecule has 9 heteroatoms. The zero-order valence-electron chi connectivity index (χ0n) is 21.8. The molecule has 38 heavy (non-hydrogen) atoms. The molecule has 5 aliphatic rings. The minimum absolute atomic E-state index is 0.0767. The molecule has 0 spiro atoms. The van der Waals surface area contributed by atoms with Gasteiger partial charge in [-0.25, -0.2) is 0 Å².